The Morgan fingerprint density at radius 1 is 1.04 bits per heavy atom. The predicted molar refractivity (Wildman–Crippen MR) is 90.6 cm³/mol. The second-order valence-corrected chi connectivity index (χ2v) is 5.24. The number of hydrogen-bond donors (Lipinski definition) is 0. The average Bonchev–Trinajstić information content (AvgIpc) is 2.60. The van der Waals surface area contributed by atoms with Gasteiger partial charge in [0.25, 0.3) is 0 Å². The molecule has 1 aliphatic rings. The van der Waals surface area contributed by atoms with E-state index < -0.39 is 6.16 Å². The molecule has 0 fully saturated rings. The summed E-state index contributed by atoms with van der Waals surface area (Å²) >= 11 is 0. The van der Waals surface area contributed by atoms with Crippen LogP contribution in [-0.2, 0) is 15.9 Å². The fourth-order valence-electron chi connectivity index (χ4n) is 2.53. The first-order chi connectivity index (χ1) is 11.3. The van der Waals surface area contributed by atoms with Gasteiger partial charge in [0.1, 0.15) is 12.4 Å². The number of aryl methyl sites for hydroxylation is 1. The lowest BCUT2D eigenvalue weighted by molar-refractivity contribution is 0.100. The Kier molecular flexibility index (Phi) is 4.89. The van der Waals surface area contributed by atoms with Gasteiger partial charge in [-0.05, 0) is 36.1 Å². The Morgan fingerprint density at radius 2 is 1.83 bits per heavy atom. The molecule has 0 atom stereocenters. The molecule has 0 spiro atoms. The minimum Gasteiger partial charge on any atom is -0.430 e. The molecule has 3 rings (SSSR count). The molecule has 23 heavy (non-hydrogen) atoms. The van der Waals surface area contributed by atoms with E-state index in [0.717, 1.165) is 24.0 Å². The molecular weight excluding hydrogens is 288 g/mol. The van der Waals surface area contributed by atoms with Gasteiger partial charge in [0.2, 0.25) is 0 Å². The molecule has 0 saturated carbocycles. The summed E-state index contributed by atoms with van der Waals surface area (Å²) in [5, 5.41) is 0. The van der Waals surface area contributed by atoms with Gasteiger partial charge in [0.15, 0.2) is 0 Å². The Morgan fingerprint density at radius 3 is 2.70 bits per heavy atom. The fraction of sp³-hybridized carbons (Fsp3) is 0.150. The van der Waals surface area contributed by atoms with E-state index in [0.29, 0.717) is 5.76 Å². The van der Waals surface area contributed by atoms with Crippen LogP contribution in [0.3, 0.4) is 0 Å². The number of fused-ring (bicyclic) bond motifs is 1. The van der Waals surface area contributed by atoms with Crippen LogP contribution >= 0.6 is 0 Å². The normalized spacial score (nSPS) is 13.3. The molecule has 0 aliphatic heterocycles. The molecule has 0 radical (unpaired) electrons. The van der Waals surface area contributed by atoms with E-state index in [9.17, 15) is 4.79 Å². The molecule has 0 unspecified atom stereocenters. The zero-order chi connectivity index (χ0) is 15.9. The number of carbonyl (C=O) groups is 1. The minimum atomic E-state index is -0.675. The molecule has 0 aromatic heterocycles. The summed E-state index contributed by atoms with van der Waals surface area (Å²) in [7, 11) is 0. The van der Waals surface area contributed by atoms with E-state index in [2.05, 4.69) is 6.07 Å². The van der Waals surface area contributed by atoms with Crippen LogP contribution < -0.4 is 0 Å². The largest absolute Gasteiger partial charge is 0.514 e. The summed E-state index contributed by atoms with van der Waals surface area (Å²) in [6, 6.07) is 17.8. The zero-order valence-corrected chi connectivity index (χ0v) is 12.8. The van der Waals surface area contributed by atoms with Crippen LogP contribution in [0.25, 0.3) is 11.8 Å². The fourth-order valence-corrected chi connectivity index (χ4v) is 2.53. The van der Waals surface area contributed by atoms with Crippen molar-refractivity contribution in [2.45, 2.75) is 12.8 Å². The molecule has 1 aliphatic carbocycles. The zero-order valence-electron chi connectivity index (χ0n) is 12.8. The molecule has 0 saturated heterocycles. The van der Waals surface area contributed by atoms with Crippen LogP contribution in [0.1, 0.15) is 23.1 Å². The third-order valence-corrected chi connectivity index (χ3v) is 3.63. The summed E-state index contributed by atoms with van der Waals surface area (Å²) in [5.41, 5.74) is 3.23. The highest BCUT2D eigenvalue weighted by Gasteiger charge is 2.16. The summed E-state index contributed by atoms with van der Waals surface area (Å²) in [4.78, 5) is 11.8. The lowest BCUT2D eigenvalue weighted by Crippen LogP contribution is -2.10. The predicted octanol–water partition coefficient (Wildman–Crippen LogP) is 4.84. The number of ether oxygens (including phenoxy) is 2. The summed E-state index contributed by atoms with van der Waals surface area (Å²) in [6.07, 6.45) is 6.79. The second kappa shape index (κ2) is 7.45. The average molecular weight is 306 g/mol. The van der Waals surface area contributed by atoms with E-state index in [1.54, 1.807) is 6.08 Å². The first kappa shape index (κ1) is 15.1. The highest BCUT2D eigenvalue weighted by molar-refractivity contribution is 5.75. The van der Waals surface area contributed by atoms with Crippen molar-refractivity contribution in [2.75, 3.05) is 6.61 Å². The van der Waals surface area contributed by atoms with Crippen molar-refractivity contribution < 1.29 is 14.3 Å². The van der Waals surface area contributed by atoms with E-state index in [4.69, 9.17) is 9.47 Å². The van der Waals surface area contributed by atoms with Gasteiger partial charge in [-0.3, -0.25) is 0 Å². The molecule has 3 nitrogen and oxygen atoms in total. The van der Waals surface area contributed by atoms with Gasteiger partial charge in [-0.15, -0.1) is 0 Å². The number of rotatable bonds is 4. The summed E-state index contributed by atoms with van der Waals surface area (Å²) in [5.74, 6) is 0.587. The molecular formula is C20H18O3. The lowest BCUT2D eigenvalue weighted by Gasteiger charge is -2.16. The lowest BCUT2D eigenvalue weighted by atomic mass is 9.96. The van der Waals surface area contributed by atoms with Gasteiger partial charge >= 0.3 is 6.16 Å². The highest BCUT2D eigenvalue weighted by Crippen LogP contribution is 2.27. The standard InChI is InChI=1S/C20H18O3/c21-20(22-15-7-10-16-8-2-1-3-9-16)23-19-14-6-12-17-11-4-5-13-18(17)19/h1-5,7-11,13-14H,6,12,15H2/b10-7+. The summed E-state index contributed by atoms with van der Waals surface area (Å²) < 4.78 is 10.4. The van der Waals surface area contributed by atoms with E-state index in [-0.39, 0.29) is 6.61 Å². The van der Waals surface area contributed by atoms with Crippen molar-refractivity contribution in [1.29, 1.82) is 0 Å². The van der Waals surface area contributed by atoms with Crippen LogP contribution in [0.5, 0.6) is 0 Å². The van der Waals surface area contributed by atoms with Crippen molar-refractivity contribution in [3.05, 3.63) is 83.4 Å². The van der Waals surface area contributed by atoms with Crippen LogP contribution in [0.15, 0.2) is 66.7 Å². The van der Waals surface area contributed by atoms with Gasteiger partial charge in [-0.1, -0.05) is 60.7 Å². The Balaban J connectivity index is 1.52. The Hall–Kier alpha value is -2.81. The van der Waals surface area contributed by atoms with E-state index in [1.807, 2.05) is 60.7 Å². The molecule has 0 amide bonds. The third kappa shape index (κ3) is 4.10. The van der Waals surface area contributed by atoms with Gasteiger partial charge in [0, 0.05) is 5.56 Å². The van der Waals surface area contributed by atoms with Gasteiger partial charge in [0.05, 0.1) is 0 Å². The van der Waals surface area contributed by atoms with E-state index in [1.165, 1.54) is 5.56 Å². The number of hydrogen-bond acceptors (Lipinski definition) is 3. The second-order valence-electron chi connectivity index (χ2n) is 5.24. The van der Waals surface area contributed by atoms with Crippen molar-refractivity contribution in [2.24, 2.45) is 0 Å². The first-order valence-electron chi connectivity index (χ1n) is 7.67. The summed E-state index contributed by atoms with van der Waals surface area (Å²) in [6.45, 7) is 0.183. The minimum absolute atomic E-state index is 0.183. The molecule has 2 aromatic carbocycles. The third-order valence-electron chi connectivity index (χ3n) is 3.63. The van der Waals surface area contributed by atoms with Crippen molar-refractivity contribution in [3.8, 4) is 0 Å². The number of allylic oxidation sites excluding steroid dienone is 1. The SMILES string of the molecule is O=C(OC/C=C/c1ccccc1)OC1=CCCc2ccccc21. The first-order valence-corrected chi connectivity index (χ1v) is 7.67. The number of benzene rings is 2. The van der Waals surface area contributed by atoms with Crippen molar-refractivity contribution in [3.63, 3.8) is 0 Å². The Labute approximate surface area is 135 Å². The van der Waals surface area contributed by atoms with Gasteiger partial charge < -0.3 is 9.47 Å². The molecule has 3 heteroatoms. The maximum atomic E-state index is 11.8. The van der Waals surface area contributed by atoms with Crippen LogP contribution in [-0.4, -0.2) is 12.8 Å². The maximum absolute atomic E-state index is 11.8. The van der Waals surface area contributed by atoms with Gasteiger partial charge in [-0.25, -0.2) is 4.79 Å². The van der Waals surface area contributed by atoms with E-state index >= 15 is 0 Å². The van der Waals surface area contributed by atoms with Crippen molar-refractivity contribution >= 4 is 18.0 Å². The van der Waals surface area contributed by atoms with Crippen LogP contribution in [0.2, 0.25) is 0 Å². The molecule has 0 bridgehead atoms. The highest BCUT2D eigenvalue weighted by atomic mass is 16.7. The van der Waals surface area contributed by atoms with Crippen LogP contribution in [0, 0.1) is 0 Å². The Bertz CT molecular complexity index is 730. The maximum Gasteiger partial charge on any atom is 0.514 e. The smallest absolute Gasteiger partial charge is 0.430 e. The molecule has 0 N–H and O–H groups in total. The number of carbonyl (C=O) groups excluding carboxylic acids is 1. The van der Waals surface area contributed by atoms with Crippen molar-refractivity contribution in [1.82, 2.24) is 0 Å². The monoisotopic (exact) mass is 306 g/mol. The molecule has 116 valence electrons. The molecule has 2 aromatic rings. The topological polar surface area (TPSA) is 35.5 Å². The van der Waals surface area contributed by atoms with Crippen LogP contribution in [0.4, 0.5) is 4.79 Å². The van der Waals surface area contributed by atoms with Gasteiger partial charge in [-0.2, -0.15) is 0 Å². The molecule has 0 heterocycles. The quantitative estimate of drug-likeness (QED) is 0.758.